The molecule has 2 atom stereocenters. The normalized spacial score (nSPS) is 21.2. The summed E-state index contributed by atoms with van der Waals surface area (Å²) in [5.41, 5.74) is 3.47. The average molecular weight is 270 g/mol. The van der Waals surface area contributed by atoms with Gasteiger partial charge < -0.3 is 9.72 Å². The van der Waals surface area contributed by atoms with Crippen molar-refractivity contribution in [2.45, 2.75) is 32.3 Å². The molecule has 0 saturated carbocycles. The molecule has 3 rings (SSSR count). The predicted molar refractivity (Wildman–Crippen MR) is 75.1 cm³/mol. The van der Waals surface area contributed by atoms with E-state index in [-0.39, 0.29) is 17.4 Å². The molecule has 104 valence electrons. The molecular weight excluding hydrogens is 252 g/mol. The lowest BCUT2D eigenvalue weighted by Crippen LogP contribution is -2.25. The molecule has 20 heavy (non-hydrogen) atoms. The van der Waals surface area contributed by atoms with Crippen LogP contribution in [-0.2, 0) is 16.0 Å². The number of nitrogens with one attached hydrogen (secondary N) is 1. The number of ether oxygens (including phenoxy) is 1. The Kier molecular flexibility index (Phi) is 3.08. The Morgan fingerprint density at radius 2 is 2.25 bits per heavy atom. The zero-order valence-electron chi connectivity index (χ0n) is 11.7. The lowest BCUT2D eigenvalue weighted by atomic mass is 9.75. The van der Waals surface area contributed by atoms with Crippen LogP contribution in [0.2, 0.25) is 0 Å². The number of hydrogen-bond donors (Lipinski definition) is 1. The summed E-state index contributed by atoms with van der Waals surface area (Å²) in [5, 5.41) is 0. The van der Waals surface area contributed by atoms with Crippen molar-refractivity contribution in [3.8, 4) is 0 Å². The van der Waals surface area contributed by atoms with Gasteiger partial charge in [-0.25, -0.2) is 4.98 Å². The number of carbonyl (C=O) groups excluding carboxylic acids is 1. The van der Waals surface area contributed by atoms with Gasteiger partial charge in [0.2, 0.25) is 0 Å². The molecule has 1 heterocycles. The van der Waals surface area contributed by atoms with Gasteiger partial charge in [-0.2, -0.15) is 0 Å². The molecule has 1 aromatic carbocycles. The Balaban J connectivity index is 2.07. The zero-order chi connectivity index (χ0) is 14.2. The summed E-state index contributed by atoms with van der Waals surface area (Å²) in [6.45, 7) is 4.97. The Morgan fingerprint density at radius 3 is 2.95 bits per heavy atom. The molecule has 0 amide bonds. The van der Waals surface area contributed by atoms with Gasteiger partial charge >= 0.3 is 0 Å². The maximum Gasteiger partial charge on any atom is 0.293 e. The Hall–Kier alpha value is -2.10. The van der Waals surface area contributed by atoms with Crippen LogP contribution in [0.3, 0.4) is 0 Å². The Labute approximate surface area is 118 Å². The van der Waals surface area contributed by atoms with Crippen molar-refractivity contribution in [1.29, 1.82) is 0 Å². The van der Waals surface area contributed by atoms with Crippen LogP contribution in [0.25, 0.3) is 0 Å². The van der Waals surface area contributed by atoms with E-state index >= 15 is 0 Å². The van der Waals surface area contributed by atoms with Crippen LogP contribution in [0, 0.1) is 5.41 Å². The minimum absolute atomic E-state index is 0.0302. The lowest BCUT2D eigenvalue weighted by Gasteiger charge is -2.32. The number of fused-ring (bicyclic) bond motifs is 1. The molecule has 0 bridgehead atoms. The van der Waals surface area contributed by atoms with Crippen LogP contribution < -0.4 is 0 Å². The number of aromatic amines is 1. The van der Waals surface area contributed by atoms with Gasteiger partial charge in [-0.3, -0.25) is 4.79 Å². The first kappa shape index (κ1) is 12.9. The molecule has 0 radical (unpaired) electrons. The summed E-state index contributed by atoms with van der Waals surface area (Å²) in [5.74, 6) is 0.129. The molecule has 2 aromatic rings. The fourth-order valence-electron chi connectivity index (χ4n) is 3.41. The van der Waals surface area contributed by atoms with Crippen molar-refractivity contribution in [2.75, 3.05) is 0 Å². The molecule has 1 aromatic heterocycles. The number of nitrogens with zero attached hydrogens (tertiary/aromatic N) is 1. The first-order valence-corrected chi connectivity index (χ1v) is 6.78. The van der Waals surface area contributed by atoms with E-state index < -0.39 is 0 Å². The van der Waals surface area contributed by atoms with Gasteiger partial charge in [-0.15, -0.1) is 0 Å². The standard InChI is InChI=1S/C16H18N2O2/c1-16(2)7-11-5-3-4-6-12(11)14(16)15(20-10-19)13-8-17-9-18-13/h3-6,8-10,14-15H,7H2,1-2H3,(H,17,18). The monoisotopic (exact) mass is 270 g/mol. The van der Waals surface area contributed by atoms with Gasteiger partial charge in [0.15, 0.2) is 6.10 Å². The Bertz CT molecular complexity index is 605. The molecule has 0 saturated heterocycles. The van der Waals surface area contributed by atoms with Gasteiger partial charge in [-0.1, -0.05) is 38.1 Å². The van der Waals surface area contributed by atoms with Crippen molar-refractivity contribution < 1.29 is 9.53 Å². The van der Waals surface area contributed by atoms with Crippen molar-refractivity contribution in [2.24, 2.45) is 5.41 Å². The third kappa shape index (κ3) is 2.01. The number of imidazole rings is 1. The molecule has 0 fully saturated rings. The van der Waals surface area contributed by atoms with Gasteiger partial charge in [0, 0.05) is 5.92 Å². The molecule has 1 aliphatic rings. The number of rotatable bonds is 4. The van der Waals surface area contributed by atoms with E-state index in [0.29, 0.717) is 6.47 Å². The second-order valence-corrected chi connectivity index (χ2v) is 6.00. The largest absolute Gasteiger partial charge is 0.457 e. The second-order valence-electron chi connectivity index (χ2n) is 6.00. The van der Waals surface area contributed by atoms with Gasteiger partial charge in [0.25, 0.3) is 6.47 Å². The molecule has 0 aliphatic heterocycles. The summed E-state index contributed by atoms with van der Waals surface area (Å²) >= 11 is 0. The number of aromatic nitrogens is 2. The van der Waals surface area contributed by atoms with Crippen LogP contribution in [0.15, 0.2) is 36.8 Å². The molecule has 1 aliphatic carbocycles. The molecular formula is C16H18N2O2. The fraction of sp³-hybridized carbons (Fsp3) is 0.375. The van der Waals surface area contributed by atoms with Crippen LogP contribution in [-0.4, -0.2) is 16.4 Å². The van der Waals surface area contributed by atoms with E-state index in [9.17, 15) is 4.79 Å². The first-order chi connectivity index (χ1) is 9.63. The highest BCUT2D eigenvalue weighted by Gasteiger charge is 2.45. The summed E-state index contributed by atoms with van der Waals surface area (Å²) in [6, 6.07) is 8.38. The van der Waals surface area contributed by atoms with Gasteiger partial charge in [0.1, 0.15) is 0 Å². The maximum absolute atomic E-state index is 10.9. The van der Waals surface area contributed by atoms with Crippen LogP contribution in [0.1, 0.15) is 42.7 Å². The van der Waals surface area contributed by atoms with Crippen molar-refractivity contribution >= 4 is 6.47 Å². The second kappa shape index (κ2) is 4.78. The number of carbonyl (C=O) groups is 1. The molecule has 4 nitrogen and oxygen atoms in total. The lowest BCUT2D eigenvalue weighted by molar-refractivity contribution is -0.136. The van der Waals surface area contributed by atoms with Gasteiger partial charge in [0.05, 0.1) is 18.2 Å². The van der Waals surface area contributed by atoms with E-state index in [0.717, 1.165) is 12.1 Å². The van der Waals surface area contributed by atoms with Crippen molar-refractivity contribution in [3.63, 3.8) is 0 Å². The average Bonchev–Trinajstić information content (AvgIpc) is 3.00. The summed E-state index contributed by atoms with van der Waals surface area (Å²) < 4.78 is 5.41. The van der Waals surface area contributed by atoms with Crippen molar-refractivity contribution in [1.82, 2.24) is 9.97 Å². The zero-order valence-corrected chi connectivity index (χ0v) is 11.7. The highest BCUT2D eigenvalue weighted by molar-refractivity contribution is 5.43. The first-order valence-electron chi connectivity index (χ1n) is 6.78. The van der Waals surface area contributed by atoms with Crippen LogP contribution >= 0.6 is 0 Å². The van der Waals surface area contributed by atoms with E-state index in [1.54, 1.807) is 12.5 Å². The highest BCUT2D eigenvalue weighted by atomic mass is 16.5. The fourth-order valence-corrected chi connectivity index (χ4v) is 3.41. The van der Waals surface area contributed by atoms with Crippen LogP contribution in [0.4, 0.5) is 0 Å². The maximum atomic E-state index is 10.9. The number of hydrogen-bond acceptors (Lipinski definition) is 3. The van der Waals surface area contributed by atoms with E-state index in [1.807, 2.05) is 6.07 Å². The topological polar surface area (TPSA) is 55.0 Å². The minimum atomic E-state index is -0.325. The van der Waals surface area contributed by atoms with Gasteiger partial charge in [-0.05, 0) is 23.0 Å². The number of H-pyrrole nitrogens is 1. The van der Waals surface area contributed by atoms with Crippen LogP contribution in [0.5, 0.6) is 0 Å². The van der Waals surface area contributed by atoms with E-state index in [2.05, 4.69) is 42.0 Å². The highest BCUT2D eigenvalue weighted by Crippen LogP contribution is 2.53. The van der Waals surface area contributed by atoms with E-state index in [4.69, 9.17) is 4.74 Å². The summed E-state index contributed by atoms with van der Waals surface area (Å²) in [7, 11) is 0. The van der Waals surface area contributed by atoms with Crippen molar-refractivity contribution in [3.05, 3.63) is 53.6 Å². The van der Waals surface area contributed by atoms with E-state index in [1.165, 1.54) is 11.1 Å². The molecule has 2 unspecified atom stereocenters. The molecule has 0 spiro atoms. The summed E-state index contributed by atoms with van der Waals surface area (Å²) in [6.07, 6.45) is 4.00. The quantitative estimate of drug-likeness (QED) is 0.869. The molecule has 1 N–H and O–H groups in total. The summed E-state index contributed by atoms with van der Waals surface area (Å²) in [4.78, 5) is 18.1. The smallest absolute Gasteiger partial charge is 0.293 e. The SMILES string of the molecule is CC1(C)Cc2ccccc2C1C(OC=O)c1cnc[nH]1. The molecule has 4 heteroatoms. The minimum Gasteiger partial charge on any atom is -0.457 e. The third-order valence-corrected chi connectivity index (χ3v) is 4.21. The third-order valence-electron chi connectivity index (χ3n) is 4.21. The predicted octanol–water partition coefficient (Wildman–Crippen LogP) is 2.99. The Morgan fingerprint density at radius 1 is 1.45 bits per heavy atom. The number of benzene rings is 1.